The van der Waals surface area contributed by atoms with E-state index in [2.05, 4.69) is 10.3 Å². The van der Waals surface area contributed by atoms with E-state index in [0.717, 1.165) is 17.0 Å². The summed E-state index contributed by atoms with van der Waals surface area (Å²) in [6.45, 7) is 3.83. The van der Waals surface area contributed by atoms with Crippen molar-refractivity contribution in [2.24, 2.45) is 0 Å². The molecule has 0 saturated carbocycles. The van der Waals surface area contributed by atoms with Crippen molar-refractivity contribution in [1.29, 1.82) is 0 Å². The third kappa shape index (κ3) is 4.34. The van der Waals surface area contributed by atoms with Crippen molar-refractivity contribution in [3.63, 3.8) is 0 Å². The standard InChI is InChI=1S/C16H19ClN2O2/c1-3-21-16-12(8-13(17)9-15(16)20-2)10-18-11-14-6-4-5-7-19-14/h4-9,18H,3,10-11H2,1-2H3. The van der Waals surface area contributed by atoms with Crippen LogP contribution in [-0.4, -0.2) is 18.7 Å². The second-order valence-electron chi connectivity index (χ2n) is 4.45. The van der Waals surface area contributed by atoms with Gasteiger partial charge in [-0.1, -0.05) is 17.7 Å². The monoisotopic (exact) mass is 306 g/mol. The van der Waals surface area contributed by atoms with E-state index in [0.29, 0.717) is 30.5 Å². The van der Waals surface area contributed by atoms with Gasteiger partial charge in [0.05, 0.1) is 19.4 Å². The lowest BCUT2D eigenvalue weighted by molar-refractivity contribution is 0.306. The molecule has 0 radical (unpaired) electrons. The van der Waals surface area contributed by atoms with Gasteiger partial charge < -0.3 is 14.8 Å². The zero-order valence-electron chi connectivity index (χ0n) is 12.2. The van der Waals surface area contributed by atoms with E-state index in [1.807, 2.05) is 31.2 Å². The van der Waals surface area contributed by atoms with Crippen molar-refractivity contribution < 1.29 is 9.47 Å². The van der Waals surface area contributed by atoms with E-state index < -0.39 is 0 Å². The zero-order valence-corrected chi connectivity index (χ0v) is 13.0. The van der Waals surface area contributed by atoms with Gasteiger partial charge in [-0.25, -0.2) is 0 Å². The number of nitrogens with one attached hydrogen (secondary N) is 1. The lowest BCUT2D eigenvalue weighted by Gasteiger charge is -2.15. The van der Waals surface area contributed by atoms with E-state index in [1.165, 1.54) is 0 Å². The normalized spacial score (nSPS) is 10.4. The summed E-state index contributed by atoms with van der Waals surface area (Å²) in [7, 11) is 1.61. The van der Waals surface area contributed by atoms with Crippen LogP contribution in [0.4, 0.5) is 0 Å². The molecule has 0 aliphatic rings. The molecule has 0 saturated heterocycles. The maximum absolute atomic E-state index is 6.12. The lowest BCUT2D eigenvalue weighted by atomic mass is 10.1. The molecule has 2 aromatic rings. The number of benzene rings is 1. The molecule has 5 heteroatoms. The van der Waals surface area contributed by atoms with E-state index in [1.54, 1.807) is 19.4 Å². The van der Waals surface area contributed by atoms with Gasteiger partial charge in [-0.05, 0) is 25.1 Å². The molecule has 0 bridgehead atoms. The summed E-state index contributed by atoms with van der Waals surface area (Å²) in [6.07, 6.45) is 1.78. The fourth-order valence-electron chi connectivity index (χ4n) is 2.04. The van der Waals surface area contributed by atoms with Crippen molar-refractivity contribution in [3.8, 4) is 11.5 Å². The second-order valence-corrected chi connectivity index (χ2v) is 4.89. The number of rotatable bonds is 7. The average Bonchev–Trinajstić information content (AvgIpc) is 2.50. The smallest absolute Gasteiger partial charge is 0.165 e. The Balaban J connectivity index is 2.09. The van der Waals surface area contributed by atoms with Gasteiger partial charge in [0.2, 0.25) is 0 Å². The molecule has 4 nitrogen and oxygen atoms in total. The summed E-state index contributed by atoms with van der Waals surface area (Å²) < 4.78 is 11.0. The molecule has 1 N–H and O–H groups in total. The number of methoxy groups -OCH3 is 1. The summed E-state index contributed by atoms with van der Waals surface area (Å²) >= 11 is 6.12. The highest BCUT2D eigenvalue weighted by Crippen LogP contribution is 2.34. The van der Waals surface area contributed by atoms with Crippen LogP contribution in [0.5, 0.6) is 11.5 Å². The van der Waals surface area contributed by atoms with Crippen LogP contribution >= 0.6 is 11.6 Å². The molecule has 21 heavy (non-hydrogen) atoms. The first-order valence-corrected chi connectivity index (χ1v) is 7.22. The van der Waals surface area contributed by atoms with Crippen LogP contribution < -0.4 is 14.8 Å². The van der Waals surface area contributed by atoms with E-state index in [-0.39, 0.29) is 0 Å². The quantitative estimate of drug-likeness (QED) is 0.851. The molecule has 0 spiro atoms. The first-order chi connectivity index (χ1) is 10.2. The molecule has 0 aliphatic carbocycles. The van der Waals surface area contributed by atoms with Crippen LogP contribution in [0.15, 0.2) is 36.5 Å². The van der Waals surface area contributed by atoms with Gasteiger partial charge in [-0.3, -0.25) is 4.98 Å². The minimum Gasteiger partial charge on any atom is -0.493 e. The highest BCUT2D eigenvalue weighted by Gasteiger charge is 2.12. The van der Waals surface area contributed by atoms with Crippen molar-refractivity contribution in [1.82, 2.24) is 10.3 Å². The van der Waals surface area contributed by atoms with E-state index in [4.69, 9.17) is 21.1 Å². The maximum Gasteiger partial charge on any atom is 0.165 e. The van der Waals surface area contributed by atoms with Gasteiger partial charge in [0.25, 0.3) is 0 Å². The van der Waals surface area contributed by atoms with Crippen molar-refractivity contribution in [2.75, 3.05) is 13.7 Å². The van der Waals surface area contributed by atoms with Gasteiger partial charge in [-0.2, -0.15) is 0 Å². The Hall–Kier alpha value is -1.78. The third-order valence-corrected chi connectivity index (χ3v) is 3.17. The number of hydrogen-bond acceptors (Lipinski definition) is 4. The summed E-state index contributed by atoms with van der Waals surface area (Å²) in [5, 5.41) is 3.97. The van der Waals surface area contributed by atoms with Gasteiger partial charge in [0.15, 0.2) is 11.5 Å². The van der Waals surface area contributed by atoms with Crippen LogP contribution in [0.2, 0.25) is 5.02 Å². The van der Waals surface area contributed by atoms with Crippen molar-refractivity contribution in [2.45, 2.75) is 20.0 Å². The Labute approximate surface area is 130 Å². The fourth-order valence-corrected chi connectivity index (χ4v) is 2.27. The zero-order chi connectivity index (χ0) is 15.1. The molecule has 1 heterocycles. The average molecular weight is 307 g/mol. The number of aromatic nitrogens is 1. The number of pyridine rings is 1. The molecular formula is C16H19ClN2O2. The maximum atomic E-state index is 6.12. The Bertz CT molecular complexity index is 576. The summed E-state index contributed by atoms with van der Waals surface area (Å²) in [6, 6.07) is 9.50. The summed E-state index contributed by atoms with van der Waals surface area (Å²) in [5.41, 5.74) is 1.96. The van der Waals surface area contributed by atoms with Gasteiger partial charge in [0.1, 0.15) is 0 Å². The molecule has 0 unspecified atom stereocenters. The SMILES string of the molecule is CCOc1c(CNCc2ccccn2)cc(Cl)cc1OC. The van der Waals surface area contributed by atoms with Crippen LogP contribution in [0.3, 0.4) is 0 Å². The van der Waals surface area contributed by atoms with Crippen molar-refractivity contribution in [3.05, 3.63) is 52.8 Å². The number of ether oxygens (including phenoxy) is 2. The van der Waals surface area contributed by atoms with Gasteiger partial charge >= 0.3 is 0 Å². The molecule has 1 aromatic carbocycles. The van der Waals surface area contributed by atoms with E-state index >= 15 is 0 Å². The van der Waals surface area contributed by atoms with Crippen LogP contribution in [-0.2, 0) is 13.1 Å². The minimum absolute atomic E-state index is 0.575. The predicted octanol–water partition coefficient (Wildman–Crippen LogP) is 3.43. The Morgan fingerprint density at radius 1 is 1.24 bits per heavy atom. The number of halogens is 1. The molecule has 0 aliphatic heterocycles. The number of nitrogens with zero attached hydrogens (tertiary/aromatic N) is 1. The van der Waals surface area contributed by atoms with Crippen LogP contribution in [0, 0.1) is 0 Å². The van der Waals surface area contributed by atoms with Crippen LogP contribution in [0.25, 0.3) is 0 Å². The molecule has 0 fully saturated rings. The molecular weight excluding hydrogens is 288 g/mol. The molecule has 2 rings (SSSR count). The number of hydrogen-bond donors (Lipinski definition) is 1. The first-order valence-electron chi connectivity index (χ1n) is 6.84. The highest BCUT2D eigenvalue weighted by molar-refractivity contribution is 6.30. The first kappa shape index (κ1) is 15.6. The van der Waals surface area contributed by atoms with Crippen molar-refractivity contribution >= 4 is 11.6 Å². The Morgan fingerprint density at radius 3 is 2.76 bits per heavy atom. The second kappa shape index (κ2) is 7.86. The summed E-state index contributed by atoms with van der Waals surface area (Å²) in [5.74, 6) is 1.39. The molecule has 1 aromatic heterocycles. The van der Waals surface area contributed by atoms with Gasteiger partial charge in [0, 0.05) is 35.9 Å². The molecule has 0 amide bonds. The lowest BCUT2D eigenvalue weighted by Crippen LogP contribution is -2.14. The minimum atomic E-state index is 0.575. The Morgan fingerprint density at radius 2 is 2.10 bits per heavy atom. The Kier molecular flexibility index (Phi) is 5.84. The fraction of sp³-hybridized carbons (Fsp3) is 0.312. The molecule has 112 valence electrons. The highest BCUT2D eigenvalue weighted by atomic mass is 35.5. The predicted molar refractivity (Wildman–Crippen MR) is 84.0 cm³/mol. The third-order valence-electron chi connectivity index (χ3n) is 2.95. The van der Waals surface area contributed by atoms with E-state index in [9.17, 15) is 0 Å². The molecule has 0 atom stereocenters. The van der Waals surface area contributed by atoms with Gasteiger partial charge in [-0.15, -0.1) is 0 Å². The largest absolute Gasteiger partial charge is 0.493 e. The van der Waals surface area contributed by atoms with Crippen LogP contribution in [0.1, 0.15) is 18.2 Å². The summed E-state index contributed by atoms with van der Waals surface area (Å²) in [4.78, 5) is 4.28. The topological polar surface area (TPSA) is 43.4 Å².